The summed E-state index contributed by atoms with van der Waals surface area (Å²) in [5.41, 5.74) is 0. The van der Waals surface area contributed by atoms with Crippen molar-refractivity contribution in [1.29, 1.82) is 0 Å². The molecule has 0 aromatic carbocycles. The first kappa shape index (κ1) is 5.88. The summed E-state index contributed by atoms with van der Waals surface area (Å²) in [6.45, 7) is 3.04. The normalized spacial score (nSPS) is 27.5. The lowest BCUT2D eigenvalue weighted by Crippen LogP contribution is -2.02. The first-order valence-electron chi connectivity index (χ1n) is 1.84. The lowest BCUT2D eigenvalue weighted by atomic mass is 10.6. The third-order valence-electron chi connectivity index (χ3n) is 0.500. The molecule has 0 aromatic heterocycles. The fourth-order valence-electron chi connectivity index (χ4n) is 0.0962. The molecule has 38 valence electrons. The minimum absolute atomic E-state index is 0.583. The lowest BCUT2D eigenvalue weighted by molar-refractivity contribution is 0.423. The van der Waals surface area contributed by atoms with Crippen LogP contribution in [0.1, 0.15) is 6.92 Å². The highest BCUT2D eigenvalue weighted by atomic mass is 16.6. The van der Waals surface area contributed by atoms with Gasteiger partial charge in [-0.3, -0.25) is 11.7 Å². The Balaban J connectivity index is 0.000000112. The fourth-order valence-corrected chi connectivity index (χ4v) is 0.0962. The van der Waals surface area contributed by atoms with Gasteiger partial charge in [-0.15, -0.1) is 0 Å². The molecule has 1 unspecified atom stereocenters. The molecule has 0 aliphatic carbocycles. The number of hydrogen-bond acceptors (Lipinski definition) is 3. The average Bonchev–Trinajstić information content (AvgIpc) is 2.30. The molecule has 0 saturated carbocycles. The average molecular weight is 90.1 g/mol. The van der Waals surface area contributed by atoms with Crippen molar-refractivity contribution in [3.63, 3.8) is 0 Å². The number of nitrogens with two attached hydrogens (primary N) is 2. The van der Waals surface area contributed by atoms with E-state index in [1.165, 1.54) is 0 Å². The van der Waals surface area contributed by atoms with E-state index in [1.54, 1.807) is 0 Å². The van der Waals surface area contributed by atoms with E-state index in [-0.39, 0.29) is 0 Å². The summed E-state index contributed by atoms with van der Waals surface area (Å²) >= 11 is 0. The Hall–Kier alpha value is -0.120. The molecule has 1 fully saturated rings. The molecule has 1 rings (SSSR count). The SMILES string of the molecule is CC1CO1.NN. The zero-order valence-corrected chi connectivity index (χ0v) is 3.85. The molecule has 0 radical (unpaired) electrons. The summed E-state index contributed by atoms with van der Waals surface area (Å²) < 4.78 is 4.71. The maximum Gasteiger partial charge on any atom is 0.0781 e. The molecule has 1 aliphatic rings. The largest absolute Gasteiger partial charge is 0.373 e. The van der Waals surface area contributed by atoms with Crippen LogP contribution in [0.2, 0.25) is 0 Å². The minimum Gasteiger partial charge on any atom is -0.373 e. The smallest absolute Gasteiger partial charge is 0.0781 e. The number of hydrogen-bond donors (Lipinski definition) is 2. The molecular weight excluding hydrogens is 80.0 g/mol. The molecule has 3 heteroatoms. The Morgan fingerprint density at radius 3 is 1.83 bits per heavy atom. The Morgan fingerprint density at radius 1 is 1.67 bits per heavy atom. The fraction of sp³-hybridized carbons (Fsp3) is 1.00. The number of rotatable bonds is 0. The van der Waals surface area contributed by atoms with Crippen LogP contribution in [-0.2, 0) is 4.74 Å². The molecule has 3 nitrogen and oxygen atoms in total. The maximum absolute atomic E-state index is 4.71. The van der Waals surface area contributed by atoms with E-state index >= 15 is 0 Å². The zero-order valence-electron chi connectivity index (χ0n) is 3.85. The molecule has 1 aliphatic heterocycles. The van der Waals surface area contributed by atoms with Crippen LogP contribution in [0, 0.1) is 0 Å². The van der Waals surface area contributed by atoms with E-state index in [1.807, 2.05) is 0 Å². The van der Waals surface area contributed by atoms with Gasteiger partial charge in [-0.05, 0) is 6.92 Å². The predicted molar refractivity (Wildman–Crippen MR) is 23.8 cm³/mol. The quantitative estimate of drug-likeness (QED) is 0.233. The van der Waals surface area contributed by atoms with Crippen LogP contribution in [0.25, 0.3) is 0 Å². The zero-order chi connectivity index (χ0) is 4.99. The van der Waals surface area contributed by atoms with Crippen LogP contribution < -0.4 is 11.7 Å². The van der Waals surface area contributed by atoms with E-state index in [4.69, 9.17) is 4.74 Å². The second-order valence-corrected chi connectivity index (χ2v) is 1.14. The second kappa shape index (κ2) is 3.08. The number of hydrazine groups is 1. The van der Waals surface area contributed by atoms with Crippen molar-refractivity contribution in [2.24, 2.45) is 11.7 Å². The molecule has 0 aromatic rings. The van der Waals surface area contributed by atoms with Gasteiger partial charge in [0, 0.05) is 0 Å². The highest BCUT2D eigenvalue weighted by Gasteiger charge is 2.13. The van der Waals surface area contributed by atoms with Gasteiger partial charge in [-0.1, -0.05) is 0 Å². The van der Waals surface area contributed by atoms with E-state index in [0.717, 1.165) is 6.61 Å². The van der Waals surface area contributed by atoms with Crippen LogP contribution >= 0.6 is 0 Å². The first-order valence-corrected chi connectivity index (χ1v) is 1.84. The summed E-state index contributed by atoms with van der Waals surface area (Å²) in [6.07, 6.45) is 0.583. The van der Waals surface area contributed by atoms with Gasteiger partial charge < -0.3 is 4.74 Å². The highest BCUT2D eigenvalue weighted by Crippen LogP contribution is 2.04. The lowest BCUT2D eigenvalue weighted by Gasteiger charge is -1.50. The third-order valence-corrected chi connectivity index (χ3v) is 0.500. The van der Waals surface area contributed by atoms with E-state index in [9.17, 15) is 0 Å². The first-order chi connectivity index (χ1) is 2.89. The standard InChI is InChI=1S/C3H6O.H4N2/c1-3-2-4-3;1-2/h3H,2H2,1H3;1-2H2. The third kappa shape index (κ3) is 3.88. The molecule has 4 N–H and O–H groups in total. The molecule has 0 spiro atoms. The summed E-state index contributed by atoms with van der Waals surface area (Å²) in [7, 11) is 0. The van der Waals surface area contributed by atoms with E-state index < -0.39 is 0 Å². The summed E-state index contributed by atoms with van der Waals surface area (Å²) in [5.74, 6) is 8.00. The van der Waals surface area contributed by atoms with Gasteiger partial charge in [-0.2, -0.15) is 0 Å². The molecule has 1 atom stereocenters. The van der Waals surface area contributed by atoms with Crippen LogP contribution in [0.5, 0.6) is 0 Å². The molecule has 0 bridgehead atoms. The van der Waals surface area contributed by atoms with Crippen molar-refractivity contribution >= 4 is 0 Å². The molecule has 6 heavy (non-hydrogen) atoms. The van der Waals surface area contributed by atoms with Gasteiger partial charge in [0.2, 0.25) is 0 Å². The van der Waals surface area contributed by atoms with Gasteiger partial charge >= 0.3 is 0 Å². The summed E-state index contributed by atoms with van der Waals surface area (Å²) in [4.78, 5) is 0. The molecule has 1 saturated heterocycles. The Bertz CT molecular complexity index is 28.0. The summed E-state index contributed by atoms with van der Waals surface area (Å²) in [6, 6.07) is 0. The van der Waals surface area contributed by atoms with Crippen LogP contribution in [0.4, 0.5) is 0 Å². The predicted octanol–water partition coefficient (Wildman–Crippen LogP) is -0.776. The van der Waals surface area contributed by atoms with Crippen molar-refractivity contribution in [2.75, 3.05) is 6.61 Å². The van der Waals surface area contributed by atoms with Crippen LogP contribution in [-0.4, -0.2) is 12.7 Å². The number of epoxide rings is 1. The van der Waals surface area contributed by atoms with Crippen molar-refractivity contribution < 1.29 is 4.74 Å². The highest BCUT2D eigenvalue weighted by molar-refractivity contribution is 4.58. The van der Waals surface area contributed by atoms with Gasteiger partial charge in [0.25, 0.3) is 0 Å². The maximum atomic E-state index is 4.71. The molecule has 1 heterocycles. The monoisotopic (exact) mass is 90.1 g/mol. The van der Waals surface area contributed by atoms with Crippen molar-refractivity contribution in [3.05, 3.63) is 0 Å². The van der Waals surface area contributed by atoms with Crippen LogP contribution in [0.15, 0.2) is 0 Å². The topological polar surface area (TPSA) is 64.6 Å². The van der Waals surface area contributed by atoms with Gasteiger partial charge in [0.15, 0.2) is 0 Å². The minimum atomic E-state index is 0.583. The van der Waals surface area contributed by atoms with Crippen molar-refractivity contribution in [3.8, 4) is 0 Å². The Morgan fingerprint density at radius 2 is 1.83 bits per heavy atom. The number of ether oxygens (including phenoxy) is 1. The van der Waals surface area contributed by atoms with Crippen molar-refractivity contribution in [1.82, 2.24) is 0 Å². The second-order valence-electron chi connectivity index (χ2n) is 1.14. The van der Waals surface area contributed by atoms with Crippen LogP contribution in [0.3, 0.4) is 0 Å². The molecular formula is C3H10N2O. The van der Waals surface area contributed by atoms with Crippen molar-refractivity contribution in [2.45, 2.75) is 13.0 Å². The summed E-state index contributed by atoms with van der Waals surface area (Å²) in [5, 5.41) is 0. The van der Waals surface area contributed by atoms with Gasteiger partial charge in [0.1, 0.15) is 0 Å². The van der Waals surface area contributed by atoms with E-state index in [0.29, 0.717) is 6.10 Å². The van der Waals surface area contributed by atoms with Gasteiger partial charge in [0.05, 0.1) is 12.7 Å². The molecule has 0 amide bonds. The Labute approximate surface area is 37.2 Å². The van der Waals surface area contributed by atoms with Gasteiger partial charge in [-0.25, -0.2) is 0 Å². The Kier molecular flexibility index (Phi) is 3.02. The van der Waals surface area contributed by atoms with E-state index in [2.05, 4.69) is 18.6 Å².